The Labute approximate surface area is 130 Å². The second-order valence-corrected chi connectivity index (χ2v) is 9.11. The Balaban J connectivity index is 2.06. The molecular formula is C13H22N4O2S2. The first kappa shape index (κ1) is 15.0. The molecule has 1 saturated carbocycles. The lowest BCUT2D eigenvalue weighted by atomic mass is 10.2. The van der Waals surface area contributed by atoms with Crippen LogP contribution in [0.2, 0.25) is 0 Å². The number of nitrogen functional groups attached to an aromatic ring is 1. The highest BCUT2D eigenvalue weighted by molar-refractivity contribution is 7.99. The smallest absolute Gasteiger partial charge is 0.182 e. The van der Waals surface area contributed by atoms with Crippen molar-refractivity contribution in [2.75, 3.05) is 41.5 Å². The number of rotatable bonds is 4. The number of aromatic nitrogens is 2. The predicted octanol–water partition coefficient (Wildman–Crippen LogP) is 1.39. The van der Waals surface area contributed by atoms with E-state index in [-0.39, 0.29) is 10.9 Å². The van der Waals surface area contributed by atoms with Crippen LogP contribution in [0.1, 0.15) is 25.8 Å². The van der Waals surface area contributed by atoms with E-state index in [0.29, 0.717) is 17.6 Å². The molecule has 1 aliphatic heterocycles. The van der Waals surface area contributed by atoms with E-state index in [2.05, 4.69) is 16.9 Å². The molecule has 0 bridgehead atoms. The average molecular weight is 330 g/mol. The molecule has 6 nitrogen and oxygen atoms in total. The highest BCUT2D eigenvalue weighted by Crippen LogP contribution is 2.42. The van der Waals surface area contributed by atoms with Gasteiger partial charge in [-0.05, 0) is 25.7 Å². The van der Waals surface area contributed by atoms with Gasteiger partial charge in [0.25, 0.3) is 0 Å². The molecule has 2 heterocycles. The fourth-order valence-corrected chi connectivity index (χ4v) is 4.72. The van der Waals surface area contributed by atoms with Gasteiger partial charge in [-0.3, -0.25) is 0 Å². The van der Waals surface area contributed by atoms with Gasteiger partial charge in [0.1, 0.15) is 5.82 Å². The van der Waals surface area contributed by atoms with Gasteiger partial charge in [0, 0.05) is 30.9 Å². The number of hydrogen-bond acceptors (Lipinski definition) is 6. The van der Waals surface area contributed by atoms with Crippen LogP contribution in [0.3, 0.4) is 0 Å². The van der Waals surface area contributed by atoms with E-state index < -0.39 is 9.84 Å². The van der Waals surface area contributed by atoms with E-state index in [1.165, 1.54) is 19.1 Å². The predicted molar refractivity (Wildman–Crippen MR) is 86.7 cm³/mol. The molecule has 2 fully saturated rings. The third kappa shape index (κ3) is 2.88. The maximum atomic E-state index is 12.2. The first-order valence-corrected chi connectivity index (χ1v) is 10.3. The SMILES string of the molecule is CC(C1CC1)n1nc(N2CCSCC2)c(S(C)(=O)=O)c1N. The second-order valence-electron chi connectivity index (χ2n) is 5.93. The molecule has 21 heavy (non-hydrogen) atoms. The van der Waals surface area contributed by atoms with Gasteiger partial charge < -0.3 is 10.6 Å². The Morgan fingerprint density at radius 3 is 2.48 bits per heavy atom. The van der Waals surface area contributed by atoms with E-state index in [9.17, 15) is 8.42 Å². The van der Waals surface area contributed by atoms with E-state index in [4.69, 9.17) is 5.73 Å². The molecule has 1 aliphatic carbocycles. The summed E-state index contributed by atoms with van der Waals surface area (Å²) in [5, 5.41) is 4.59. The van der Waals surface area contributed by atoms with E-state index >= 15 is 0 Å². The minimum absolute atomic E-state index is 0.165. The molecule has 1 unspecified atom stereocenters. The van der Waals surface area contributed by atoms with E-state index in [0.717, 1.165) is 24.6 Å². The van der Waals surface area contributed by atoms with Crippen molar-refractivity contribution in [3.8, 4) is 0 Å². The Hall–Kier alpha value is -0.890. The van der Waals surface area contributed by atoms with Crippen LogP contribution in [0.4, 0.5) is 11.6 Å². The van der Waals surface area contributed by atoms with Crippen molar-refractivity contribution in [2.24, 2.45) is 5.92 Å². The van der Waals surface area contributed by atoms with Crippen molar-refractivity contribution < 1.29 is 8.42 Å². The lowest BCUT2D eigenvalue weighted by molar-refractivity contribution is 0.445. The maximum Gasteiger partial charge on any atom is 0.182 e. The van der Waals surface area contributed by atoms with Crippen LogP contribution in [0.5, 0.6) is 0 Å². The van der Waals surface area contributed by atoms with Gasteiger partial charge >= 0.3 is 0 Å². The van der Waals surface area contributed by atoms with Crippen LogP contribution in [0.25, 0.3) is 0 Å². The van der Waals surface area contributed by atoms with Crippen LogP contribution in [-0.2, 0) is 9.84 Å². The molecule has 118 valence electrons. The number of nitrogens with two attached hydrogens (primary N) is 1. The molecule has 2 aliphatic rings. The number of anilines is 2. The lowest BCUT2D eigenvalue weighted by Gasteiger charge is -2.26. The van der Waals surface area contributed by atoms with Gasteiger partial charge in [-0.15, -0.1) is 0 Å². The first-order chi connectivity index (χ1) is 9.89. The molecule has 1 aromatic rings. The Morgan fingerprint density at radius 2 is 1.95 bits per heavy atom. The molecule has 0 amide bonds. The average Bonchev–Trinajstić information content (AvgIpc) is 3.21. The third-order valence-corrected chi connectivity index (χ3v) is 6.33. The van der Waals surface area contributed by atoms with Crippen LogP contribution in [0.15, 0.2) is 4.90 Å². The molecule has 2 N–H and O–H groups in total. The van der Waals surface area contributed by atoms with E-state index in [1.807, 2.05) is 11.8 Å². The Kier molecular flexibility index (Phi) is 3.85. The Bertz CT molecular complexity index is 631. The fourth-order valence-electron chi connectivity index (χ4n) is 2.85. The summed E-state index contributed by atoms with van der Waals surface area (Å²) in [6, 6.07) is 0.165. The van der Waals surface area contributed by atoms with Crippen molar-refractivity contribution in [1.29, 1.82) is 0 Å². The first-order valence-electron chi connectivity index (χ1n) is 7.30. The summed E-state index contributed by atoms with van der Waals surface area (Å²) in [5.41, 5.74) is 6.15. The standard InChI is InChI=1S/C13H22N4O2S2/c1-9(10-3-4-10)17-12(14)11(21(2,18)19)13(15-17)16-5-7-20-8-6-16/h9-10H,3-8,14H2,1-2H3. The minimum atomic E-state index is -3.39. The van der Waals surface area contributed by atoms with Gasteiger partial charge in [-0.1, -0.05) is 0 Å². The summed E-state index contributed by atoms with van der Waals surface area (Å²) in [6.07, 6.45) is 3.56. The van der Waals surface area contributed by atoms with Crippen molar-refractivity contribution in [2.45, 2.75) is 30.7 Å². The van der Waals surface area contributed by atoms with Gasteiger partial charge in [-0.25, -0.2) is 13.1 Å². The second kappa shape index (κ2) is 5.39. The zero-order valence-electron chi connectivity index (χ0n) is 12.4. The summed E-state index contributed by atoms with van der Waals surface area (Å²) in [6.45, 7) is 3.71. The number of hydrogen-bond donors (Lipinski definition) is 1. The largest absolute Gasteiger partial charge is 0.383 e. The lowest BCUT2D eigenvalue weighted by Crippen LogP contribution is -2.33. The zero-order valence-corrected chi connectivity index (χ0v) is 14.1. The summed E-state index contributed by atoms with van der Waals surface area (Å²) in [5.74, 6) is 3.40. The summed E-state index contributed by atoms with van der Waals surface area (Å²) < 4.78 is 26.1. The van der Waals surface area contributed by atoms with Crippen molar-refractivity contribution in [3.63, 3.8) is 0 Å². The molecule has 0 radical (unpaired) electrons. The molecule has 1 atom stereocenters. The van der Waals surface area contributed by atoms with Crippen LogP contribution < -0.4 is 10.6 Å². The van der Waals surface area contributed by atoms with Crippen molar-refractivity contribution in [1.82, 2.24) is 9.78 Å². The molecule has 0 aromatic carbocycles. The highest BCUT2D eigenvalue weighted by atomic mass is 32.2. The molecule has 0 spiro atoms. The summed E-state index contributed by atoms with van der Waals surface area (Å²) in [7, 11) is -3.39. The van der Waals surface area contributed by atoms with Gasteiger partial charge in [0.05, 0.1) is 6.04 Å². The van der Waals surface area contributed by atoms with E-state index in [1.54, 1.807) is 4.68 Å². The van der Waals surface area contributed by atoms with Gasteiger partial charge in [0.15, 0.2) is 20.6 Å². The van der Waals surface area contributed by atoms with Crippen molar-refractivity contribution >= 4 is 33.2 Å². The van der Waals surface area contributed by atoms with Crippen LogP contribution in [-0.4, -0.2) is 49.0 Å². The number of sulfone groups is 1. The molecule has 1 aromatic heterocycles. The van der Waals surface area contributed by atoms with Gasteiger partial charge in [0.2, 0.25) is 0 Å². The molecule has 1 saturated heterocycles. The monoisotopic (exact) mass is 330 g/mol. The number of thioether (sulfide) groups is 1. The zero-order chi connectivity index (χ0) is 15.2. The highest BCUT2D eigenvalue weighted by Gasteiger charge is 2.35. The summed E-state index contributed by atoms with van der Waals surface area (Å²) >= 11 is 1.88. The summed E-state index contributed by atoms with van der Waals surface area (Å²) in [4.78, 5) is 2.27. The van der Waals surface area contributed by atoms with Crippen molar-refractivity contribution in [3.05, 3.63) is 0 Å². The minimum Gasteiger partial charge on any atom is -0.383 e. The number of nitrogens with zero attached hydrogens (tertiary/aromatic N) is 3. The molecule has 3 rings (SSSR count). The molecular weight excluding hydrogens is 308 g/mol. The van der Waals surface area contributed by atoms with Gasteiger partial charge in [-0.2, -0.15) is 16.9 Å². The Morgan fingerprint density at radius 1 is 1.33 bits per heavy atom. The molecule has 8 heteroatoms. The van der Waals surface area contributed by atoms with Crippen LogP contribution >= 0.6 is 11.8 Å². The normalized spacial score (nSPS) is 21.5. The third-order valence-electron chi connectivity index (χ3n) is 4.26. The van der Waals surface area contributed by atoms with Crippen LogP contribution in [0, 0.1) is 5.92 Å². The fraction of sp³-hybridized carbons (Fsp3) is 0.769. The quantitative estimate of drug-likeness (QED) is 0.898. The maximum absolute atomic E-state index is 12.2. The topological polar surface area (TPSA) is 81.2 Å².